The van der Waals surface area contributed by atoms with Gasteiger partial charge in [-0.1, -0.05) is 0 Å². The zero-order valence-electron chi connectivity index (χ0n) is 13.2. The summed E-state index contributed by atoms with van der Waals surface area (Å²) in [6, 6.07) is 7.64. The van der Waals surface area contributed by atoms with Gasteiger partial charge < -0.3 is 4.57 Å². The Morgan fingerprint density at radius 3 is 2.88 bits per heavy atom. The molecular weight excluding hydrogens is 320 g/mol. The van der Waals surface area contributed by atoms with Crippen molar-refractivity contribution < 1.29 is 4.79 Å². The van der Waals surface area contributed by atoms with Gasteiger partial charge in [0.15, 0.2) is 5.13 Å². The molecule has 0 aliphatic heterocycles. The molecule has 5 nitrogen and oxygen atoms in total. The number of carbonyl (C=O) groups is 1. The predicted molar refractivity (Wildman–Crippen MR) is 94.5 cm³/mol. The van der Waals surface area contributed by atoms with E-state index in [1.165, 1.54) is 17.7 Å². The Morgan fingerprint density at radius 2 is 2.04 bits per heavy atom. The van der Waals surface area contributed by atoms with Gasteiger partial charge in [-0.05, 0) is 55.5 Å². The fourth-order valence-corrected chi connectivity index (χ4v) is 4.05. The van der Waals surface area contributed by atoms with E-state index in [4.69, 9.17) is 0 Å². The Labute approximate surface area is 144 Å². The van der Waals surface area contributed by atoms with Crippen molar-refractivity contribution in [1.29, 1.82) is 0 Å². The van der Waals surface area contributed by atoms with Gasteiger partial charge >= 0.3 is 0 Å². The molecule has 24 heavy (non-hydrogen) atoms. The van der Waals surface area contributed by atoms with E-state index in [1.54, 1.807) is 23.7 Å². The number of hydrogen-bond donors (Lipinski definition) is 1. The van der Waals surface area contributed by atoms with Gasteiger partial charge in [-0.15, -0.1) is 11.3 Å². The summed E-state index contributed by atoms with van der Waals surface area (Å²) < 4.78 is 1.94. The Kier molecular flexibility index (Phi) is 4.13. The number of aromatic nitrogens is 3. The molecule has 0 aromatic carbocycles. The maximum Gasteiger partial charge on any atom is 0.274 e. The number of rotatable bonds is 4. The normalized spacial score (nSPS) is 13.5. The molecule has 1 aliphatic carbocycles. The Bertz CT molecular complexity index is 830. The molecule has 0 radical (unpaired) electrons. The van der Waals surface area contributed by atoms with E-state index in [0.29, 0.717) is 17.4 Å². The fraction of sp³-hybridized carbons (Fsp3) is 0.278. The van der Waals surface area contributed by atoms with Gasteiger partial charge in [-0.2, -0.15) is 0 Å². The molecule has 0 bridgehead atoms. The van der Waals surface area contributed by atoms with Crippen molar-refractivity contribution >= 4 is 22.4 Å². The van der Waals surface area contributed by atoms with Gasteiger partial charge in [-0.25, -0.2) is 4.98 Å². The van der Waals surface area contributed by atoms with Crippen molar-refractivity contribution in [1.82, 2.24) is 14.5 Å². The number of anilines is 1. The first-order chi connectivity index (χ1) is 11.8. The number of nitrogens with zero attached hydrogens (tertiary/aromatic N) is 3. The van der Waals surface area contributed by atoms with Crippen LogP contribution in [0.3, 0.4) is 0 Å². The van der Waals surface area contributed by atoms with Crippen LogP contribution in [0.4, 0.5) is 5.13 Å². The third kappa shape index (κ3) is 3.10. The Hall–Kier alpha value is -2.47. The van der Waals surface area contributed by atoms with Crippen LogP contribution in [-0.4, -0.2) is 20.4 Å². The first-order valence-corrected chi connectivity index (χ1v) is 8.95. The van der Waals surface area contributed by atoms with Crippen LogP contribution in [0.2, 0.25) is 0 Å². The number of nitrogens with one attached hydrogen (secondary N) is 1. The molecule has 1 aliphatic rings. The lowest BCUT2D eigenvalue weighted by Crippen LogP contribution is -2.17. The lowest BCUT2D eigenvalue weighted by molar-refractivity contribution is 0.101. The van der Waals surface area contributed by atoms with E-state index in [9.17, 15) is 4.79 Å². The van der Waals surface area contributed by atoms with Gasteiger partial charge in [0.05, 0.1) is 5.69 Å². The topological polar surface area (TPSA) is 59.8 Å². The van der Waals surface area contributed by atoms with Crippen molar-refractivity contribution in [3.05, 3.63) is 64.7 Å². The second-order valence-corrected chi connectivity index (χ2v) is 7.01. The molecule has 4 rings (SSSR count). The molecule has 0 atom stereocenters. The third-order valence-corrected chi connectivity index (χ3v) is 5.30. The summed E-state index contributed by atoms with van der Waals surface area (Å²) >= 11 is 1.61. The molecule has 0 saturated carbocycles. The minimum Gasteiger partial charge on any atom is -0.339 e. The summed E-state index contributed by atoms with van der Waals surface area (Å²) in [6.45, 7) is 0.645. The Balaban J connectivity index is 1.51. The van der Waals surface area contributed by atoms with Crippen LogP contribution >= 0.6 is 11.3 Å². The molecule has 3 aromatic rings. The van der Waals surface area contributed by atoms with E-state index >= 15 is 0 Å². The van der Waals surface area contributed by atoms with Crippen molar-refractivity contribution in [2.75, 3.05) is 5.32 Å². The van der Waals surface area contributed by atoms with Crippen LogP contribution in [0.15, 0.2) is 42.9 Å². The standard InChI is InChI=1S/C18H18N4OS/c23-17(21-18-20-14-4-1-2-6-16(14)24-18)15-5-3-11-22(15)12-13-7-9-19-10-8-13/h3,5,7-11H,1-2,4,6,12H2,(H,20,21,23). The van der Waals surface area contributed by atoms with Gasteiger partial charge in [0.1, 0.15) is 5.69 Å². The zero-order chi connectivity index (χ0) is 16.4. The number of aryl methyl sites for hydroxylation is 2. The first-order valence-electron chi connectivity index (χ1n) is 8.13. The fourth-order valence-electron chi connectivity index (χ4n) is 3.01. The Morgan fingerprint density at radius 1 is 1.21 bits per heavy atom. The summed E-state index contributed by atoms with van der Waals surface area (Å²) in [4.78, 5) is 22.6. The van der Waals surface area contributed by atoms with Crippen LogP contribution < -0.4 is 5.32 Å². The van der Waals surface area contributed by atoms with E-state index in [2.05, 4.69) is 15.3 Å². The lowest BCUT2D eigenvalue weighted by atomic mass is 10.0. The van der Waals surface area contributed by atoms with Crippen molar-refractivity contribution in [3.8, 4) is 0 Å². The summed E-state index contributed by atoms with van der Waals surface area (Å²) in [5, 5.41) is 3.67. The van der Waals surface area contributed by atoms with E-state index in [1.807, 2.05) is 35.0 Å². The maximum atomic E-state index is 12.6. The van der Waals surface area contributed by atoms with Crippen LogP contribution in [0, 0.1) is 0 Å². The molecule has 3 heterocycles. The first kappa shape index (κ1) is 15.1. The minimum atomic E-state index is -0.111. The molecule has 1 amide bonds. The van der Waals surface area contributed by atoms with Crippen LogP contribution in [0.1, 0.15) is 39.5 Å². The molecular formula is C18H18N4OS. The zero-order valence-corrected chi connectivity index (χ0v) is 14.1. The molecule has 122 valence electrons. The van der Waals surface area contributed by atoms with Crippen LogP contribution in [-0.2, 0) is 19.4 Å². The molecule has 0 unspecified atom stereocenters. The molecule has 0 fully saturated rings. The number of thiazole rings is 1. The quantitative estimate of drug-likeness (QED) is 0.792. The number of fused-ring (bicyclic) bond motifs is 1. The van der Waals surface area contributed by atoms with E-state index in [0.717, 1.165) is 24.1 Å². The van der Waals surface area contributed by atoms with Gasteiger partial charge in [0.25, 0.3) is 5.91 Å². The largest absolute Gasteiger partial charge is 0.339 e. The average molecular weight is 338 g/mol. The van der Waals surface area contributed by atoms with Crippen LogP contribution in [0.25, 0.3) is 0 Å². The van der Waals surface area contributed by atoms with Gasteiger partial charge in [-0.3, -0.25) is 15.1 Å². The second kappa shape index (κ2) is 6.57. The SMILES string of the molecule is O=C(Nc1nc2c(s1)CCCC2)c1cccn1Cc1ccncc1. The summed E-state index contributed by atoms with van der Waals surface area (Å²) in [5.74, 6) is -0.111. The number of pyridine rings is 1. The van der Waals surface area contributed by atoms with Crippen LogP contribution in [0.5, 0.6) is 0 Å². The highest BCUT2D eigenvalue weighted by Gasteiger charge is 2.18. The monoisotopic (exact) mass is 338 g/mol. The van der Waals surface area contributed by atoms with Crippen molar-refractivity contribution in [2.24, 2.45) is 0 Å². The minimum absolute atomic E-state index is 0.111. The highest BCUT2D eigenvalue weighted by Crippen LogP contribution is 2.29. The number of hydrogen-bond acceptors (Lipinski definition) is 4. The lowest BCUT2D eigenvalue weighted by Gasteiger charge is -2.08. The smallest absolute Gasteiger partial charge is 0.274 e. The highest BCUT2D eigenvalue weighted by atomic mass is 32.1. The molecule has 0 saturated heterocycles. The molecule has 0 spiro atoms. The molecule has 3 aromatic heterocycles. The van der Waals surface area contributed by atoms with E-state index in [-0.39, 0.29) is 5.91 Å². The summed E-state index contributed by atoms with van der Waals surface area (Å²) in [6.07, 6.45) is 9.97. The molecule has 1 N–H and O–H groups in total. The van der Waals surface area contributed by atoms with Crippen molar-refractivity contribution in [2.45, 2.75) is 32.2 Å². The van der Waals surface area contributed by atoms with E-state index < -0.39 is 0 Å². The van der Waals surface area contributed by atoms with Crippen molar-refractivity contribution in [3.63, 3.8) is 0 Å². The van der Waals surface area contributed by atoms with Gasteiger partial charge in [0, 0.05) is 30.0 Å². The summed E-state index contributed by atoms with van der Waals surface area (Å²) in [7, 11) is 0. The highest BCUT2D eigenvalue weighted by molar-refractivity contribution is 7.15. The number of amides is 1. The summed E-state index contributed by atoms with van der Waals surface area (Å²) in [5.41, 5.74) is 2.91. The predicted octanol–water partition coefficient (Wildman–Crippen LogP) is 3.52. The maximum absolute atomic E-state index is 12.6. The number of carbonyl (C=O) groups excluding carboxylic acids is 1. The third-order valence-electron chi connectivity index (χ3n) is 4.23. The van der Waals surface area contributed by atoms with Gasteiger partial charge in [0.2, 0.25) is 0 Å². The second-order valence-electron chi connectivity index (χ2n) is 5.93. The average Bonchev–Trinajstić information content (AvgIpc) is 3.21. The molecule has 6 heteroatoms.